The van der Waals surface area contributed by atoms with Crippen LogP contribution in [0.15, 0.2) is 24.3 Å². The summed E-state index contributed by atoms with van der Waals surface area (Å²) in [7, 11) is 0. The molecule has 0 aliphatic rings. The SMILES string of the molecule is CC(C)(OC[CH]C#N)C(=O)c1ccc(OCCOC[CH]C#N)cc1. The molecule has 0 saturated heterocycles. The van der Waals surface area contributed by atoms with Crippen LogP contribution in [0.2, 0.25) is 0 Å². The fourth-order valence-electron chi connectivity index (χ4n) is 1.80. The summed E-state index contributed by atoms with van der Waals surface area (Å²) >= 11 is 0. The summed E-state index contributed by atoms with van der Waals surface area (Å²) in [6.45, 7) is 4.42. The van der Waals surface area contributed by atoms with E-state index in [0.29, 0.717) is 24.5 Å². The van der Waals surface area contributed by atoms with Crippen molar-refractivity contribution in [3.8, 4) is 17.9 Å². The number of ether oxygens (including phenoxy) is 3. The van der Waals surface area contributed by atoms with Gasteiger partial charge in [-0.15, -0.1) is 0 Å². The summed E-state index contributed by atoms with van der Waals surface area (Å²) in [5.74, 6) is 0.451. The van der Waals surface area contributed by atoms with Crippen LogP contribution in [0.5, 0.6) is 5.75 Å². The Balaban J connectivity index is 2.47. The van der Waals surface area contributed by atoms with Gasteiger partial charge in [0.1, 0.15) is 18.0 Å². The molecule has 2 radical (unpaired) electrons. The number of carbonyl (C=O) groups excluding carboxylic acids is 1. The van der Waals surface area contributed by atoms with E-state index in [1.807, 2.05) is 12.1 Å². The van der Waals surface area contributed by atoms with E-state index >= 15 is 0 Å². The molecule has 0 aliphatic heterocycles. The van der Waals surface area contributed by atoms with Gasteiger partial charge >= 0.3 is 0 Å². The van der Waals surface area contributed by atoms with Crippen LogP contribution in [0.4, 0.5) is 0 Å². The quantitative estimate of drug-likeness (QED) is 0.458. The highest BCUT2D eigenvalue weighted by Gasteiger charge is 2.29. The molecule has 0 aromatic heterocycles. The van der Waals surface area contributed by atoms with Gasteiger partial charge in [0.05, 0.1) is 44.8 Å². The highest BCUT2D eigenvalue weighted by Crippen LogP contribution is 2.20. The number of hydrogen-bond donors (Lipinski definition) is 0. The Kier molecular flexibility index (Phi) is 8.49. The maximum absolute atomic E-state index is 12.4. The van der Waals surface area contributed by atoms with E-state index in [4.69, 9.17) is 24.7 Å². The molecule has 6 heteroatoms. The van der Waals surface area contributed by atoms with Gasteiger partial charge in [-0.25, -0.2) is 0 Å². The lowest BCUT2D eigenvalue weighted by molar-refractivity contribution is 0.00541. The zero-order chi connectivity index (χ0) is 17.8. The van der Waals surface area contributed by atoms with Crippen LogP contribution in [0.1, 0.15) is 24.2 Å². The Morgan fingerprint density at radius 3 is 2.33 bits per heavy atom. The minimum absolute atomic E-state index is 0.0969. The predicted molar refractivity (Wildman–Crippen MR) is 86.9 cm³/mol. The summed E-state index contributed by atoms with van der Waals surface area (Å²) in [6, 6.07) is 10.5. The molecule has 1 aromatic carbocycles. The fourth-order valence-corrected chi connectivity index (χ4v) is 1.80. The highest BCUT2D eigenvalue weighted by molar-refractivity contribution is 6.02. The van der Waals surface area contributed by atoms with Crippen molar-refractivity contribution in [1.82, 2.24) is 0 Å². The first-order chi connectivity index (χ1) is 11.5. The molecule has 0 aliphatic carbocycles. The van der Waals surface area contributed by atoms with E-state index < -0.39 is 5.60 Å². The Bertz CT molecular complexity index is 597. The molecule has 24 heavy (non-hydrogen) atoms. The fraction of sp³-hybridized carbons (Fsp3) is 0.389. The molecule has 0 saturated carbocycles. The lowest BCUT2D eigenvalue weighted by atomic mass is 9.96. The van der Waals surface area contributed by atoms with E-state index in [9.17, 15) is 4.79 Å². The number of ketones is 1. The third kappa shape index (κ3) is 6.78. The normalized spacial score (nSPS) is 10.7. The maximum atomic E-state index is 12.4. The van der Waals surface area contributed by atoms with Gasteiger partial charge < -0.3 is 14.2 Å². The van der Waals surface area contributed by atoms with Crippen LogP contribution in [0.25, 0.3) is 0 Å². The molecule has 0 heterocycles. The van der Waals surface area contributed by atoms with E-state index in [1.165, 1.54) is 12.8 Å². The van der Waals surface area contributed by atoms with Gasteiger partial charge in [0, 0.05) is 5.56 Å². The summed E-state index contributed by atoms with van der Waals surface area (Å²) in [5.41, 5.74) is -0.509. The third-order valence-corrected chi connectivity index (χ3v) is 3.07. The third-order valence-electron chi connectivity index (χ3n) is 3.07. The molecule has 0 N–H and O–H groups in total. The molecule has 1 rings (SSSR count). The molecule has 0 spiro atoms. The van der Waals surface area contributed by atoms with Crippen molar-refractivity contribution < 1.29 is 19.0 Å². The van der Waals surface area contributed by atoms with Crippen LogP contribution in [-0.2, 0) is 9.47 Å². The van der Waals surface area contributed by atoms with Crippen molar-refractivity contribution in [2.75, 3.05) is 26.4 Å². The van der Waals surface area contributed by atoms with Crippen molar-refractivity contribution in [2.24, 2.45) is 0 Å². The first-order valence-electron chi connectivity index (χ1n) is 7.43. The van der Waals surface area contributed by atoms with Crippen LogP contribution in [-0.4, -0.2) is 37.8 Å². The Morgan fingerprint density at radius 2 is 1.71 bits per heavy atom. The number of rotatable bonds is 11. The number of carbonyl (C=O) groups is 1. The second-order valence-electron chi connectivity index (χ2n) is 5.26. The standard InChI is InChI=1S/C18H20N2O4/c1-18(2,24-12-4-10-20)17(21)15-5-7-16(8-6-15)23-14-13-22-11-3-9-19/h3-8H,11-14H2,1-2H3. The average molecular weight is 328 g/mol. The Morgan fingerprint density at radius 1 is 1.08 bits per heavy atom. The lowest BCUT2D eigenvalue weighted by Gasteiger charge is -2.23. The largest absolute Gasteiger partial charge is 0.491 e. The smallest absolute Gasteiger partial charge is 0.194 e. The Labute approximate surface area is 142 Å². The number of Topliss-reactive ketones (excluding diaryl/α,β-unsaturated/α-hetero) is 1. The average Bonchev–Trinajstić information content (AvgIpc) is 2.58. The lowest BCUT2D eigenvalue weighted by Crippen LogP contribution is -2.35. The zero-order valence-corrected chi connectivity index (χ0v) is 13.8. The molecular formula is C18H20N2O4. The van der Waals surface area contributed by atoms with Gasteiger partial charge in [-0.05, 0) is 38.1 Å². The van der Waals surface area contributed by atoms with Crippen molar-refractivity contribution in [3.63, 3.8) is 0 Å². The molecule has 0 fully saturated rings. The molecule has 1 aromatic rings. The van der Waals surface area contributed by atoms with Crippen molar-refractivity contribution in [2.45, 2.75) is 19.4 Å². The topological polar surface area (TPSA) is 92.3 Å². The summed E-state index contributed by atoms with van der Waals surface area (Å²) in [4.78, 5) is 12.4. The van der Waals surface area contributed by atoms with Gasteiger partial charge in [-0.3, -0.25) is 4.79 Å². The van der Waals surface area contributed by atoms with Crippen molar-refractivity contribution >= 4 is 5.78 Å². The minimum Gasteiger partial charge on any atom is -0.491 e. The molecule has 0 amide bonds. The van der Waals surface area contributed by atoms with Crippen LogP contribution in [0.3, 0.4) is 0 Å². The second kappa shape index (κ2) is 10.4. The van der Waals surface area contributed by atoms with Crippen molar-refractivity contribution in [3.05, 3.63) is 42.7 Å². The summed E-state index contributed by atoms with van der Waals surface area (Å²) in [6.07, 6.45) is 2.65. The highest BCUT2D eigenvalue weighted by atomic mass is 16.5. The van der Waals surface area contributed by atoms with E-state index in [2.05, 4.69) is 0 Å². The van der Waals surface area contributed by atoms with Crippen LogP contribution >= 0.6 is 0 Å². The summed E-state index contributed by atoms with van der Waals surface area (Å²) in [5, 5.41) is 16.8. The maximum Gasteiger partial charge on any atom is 0.194 e. The van der Waals surface area contributed by atoms with Gasteiger partial charge in [0.2, 0.25) is 0 Å². The number of nitriles is 2. The molecule has 0 unspecified atom stereocenters. The predicted octanol–water partition coefficient (Wildman–Crippen LogP) is 2.52. The zero-order valence-electron chi connectivity index (χ0n) is 13.8. The number of hydrogen-bond acceptors (Lipinski definition) is 6. The number of benzene rings is 1. The van der Waals surface area contributed by atoms with E-state index in [1.54, 1.807) is 38.1 Å². The Hall–Kier alpha value is -2.41. The van der Waals surface area contributed by atoms with E-state index in [0.717, 1.165) is 0 Å². The first-order valence-corrected chi connectivity index (χ1v) is 7.43. The van der Waals surface area contributed by atoms with Crippen molar-refractivity contribution in [1.29, 1.82) is 10.5 Å². The summed E-state index contributed by atoms with van der Waals surface area (Å²) < 4.78 is 16.1. The van der Waals surface area contributed by atoms with E-state index in [-0.39, 0.29) is 19.0 Å². The molecule has 0 bridgehead atoms. The van der Waals surface area contributed by atoms with Gasteiger partial charge in [0.15, 0.2) is 5.78 Å². The van der Waals surface area contributed by atoms with Gasteiger partial charge in [0.25, 0.3) is 0 Å². The van der Waals surface area contributed by atoms with Crippen LogP contribution in [0, 0.1) is 35.5 Å². The van der Waals surface area contributed by atoms with Crippen LogP contribution < -0.4 is 4.74 Å². The first kappa shape index (κ1) is 19.6. The molecular weight excluding hydrogens is 308 g/mol. The van der Waals surface area contributed by atoms with Gasteiger partial charge in [-0.2, -0.15) is 10.5 Å². The minimum atomic E-state index is -1.01. The molecule has 126 valence electrons. The monoisotopic (exact) mass is 328 g/mol. The van der Waals surface area contributed by atoms with Gasteiger partial charge in [-0.1, -0.05) is 0 Å². The molecule has 6 nitrogen and oxygen atoms in total. The second-order valence-corrected chi connectivity index (χ2v) is 5.26. The molecule has 0 atom stereocenters. The number of nitrogens with zero attached hydrogens (tertiary/aromatic N) is 2.